The molecule has 0 amide bonds. The molecule has 0 aromatic carbocycles. The summed E-state index contributed by atoms with van der Waals surface area (Å²) < 4.78 is 57.7. The van der Waals surface area contributed by atoms with Crippen LogP contribution < -0.4 is 4.72 Å². The van der Waals surface area contributed by atoms with Gasteiger partial charge in [-0.15, -0.1) is 0 Å². The van der Waals surface area contributed by atoms with Crippen LogP contribution in [-0.4, -0.2) is 44.0 Å². The largest absolute Gasteiger partial charge is 0.379 e. The topological polar surface area (TPSA) is 71.5 Å². The molecule has 0 spiro atoms. The third-order valence-electron chi connectivity index (χ3n) is 2.36. The number of ether oxygens (including phenoxy) is 1. The fraction of sp³-hybridized carbons (Fsp3) is 0.444. The van der Waals surface area contributed by atoms with E-state index in [1.807, 2.05) is 4.72 Å². The number of pyridine rings is 1. The first-order valence-electron chi connectivity index (χ1n) is 5.17. The third kappa shape index (κ3) is 2.92. The average molecular weight is 279 g/mol. The third-order valence-corrected chi connectivity index (χ3v) is 3.89. The summed E-state index contributed by atoms with van der Waals surface area (Å²) in [6, 6.07) is 1.86. The summed E-state index contributed by atoms with van der Waals surface area (Å²) in [7, 11) is -3.87. The summed E-state index contributed by atoms with van der Waals surface area (Å²) in [6.07, 6.45) is 0. The molecule has 0 aliphatic carbocycles. The minimum absolute atomic E-state index is 0.186. The van der Waals surface area contributed by atoms with Crippen LogP contribution in [0.2, 0.25) is 0 Å². The molecule has 100 valence electrons. The van der Waals surface area contributed by atoms with Gasteiger partial charge < -0.3 is 4.74 Å². The predicted molar refractivity (Wildman–Crippen MR) is 59.1 cm³/mol. The zero-order valence-corrected chi connectivity index (χ0v) is 10.1. The van der Waals surface area contributed by atoms with E-state index in [4.69, 9.17) is 4.74 Å². The van der Waals surface area contributed by atoms with Crippen molar-refractivity contribution in [2.75, 3.05) is 31.0 Å². The average Bonchev–Trinajstić information content (AvgIpc) is 2.34. The van der Waals surface area contributed by atoms with Gasteiger partial charge in [-0.1, -0.05) is 0 Å². The highest BCUT2D eigenvalue weighted by Crippen LogP contribution is 2.15. The van der Waals surface area contributed by atoms with Crippen molar-refractivity contribution < 1.29 is 21.9 Å². The van der Waals surface area contributed by atoms with Crippen LogP contribution in [0.1, 0.15) is 0 Å². The van der Waals surface area contributed by atoms with Gasteiger partial charge in [-0.2, -0.15) is 26.5 Å². The van der Waals surface area contributed by atoms with Crippen molar-refractivity contribution in [1.82, 2.24) is 9.29 Å². The van der Waals surface area contributed by atoms with Crippen LogP contribution in [0, 0.1) is 11.9 Å². The van der Waals surface area contributed by atoms with E-state index in [9.17, 15) is 17.2 Å². The van der Waals surface area contributed by atoms with E-state index in [1.165, 1.54) is 0 Å². The molecule has 0 atom stereocenters. The molecule has 6 nitrogen and oxygen atoms in total. The summed E-state index contributed by atoms with van der Waals surface area (Å²) in [6.45, 7) is 0.938. The maximum atomic E-state index is 13.2. The maximum Gasteiger partial charge on any atom is 0.301 e. The lowest BCUT2D eigenvalue weighted by atomic mass is 10.4. The second kappa shape index (κ2) is 5.12. The lowest BCUT2D eigenvalue weighted by molar-refractivity contribution is 0.0733. The Morgan fingerprint density at radius 3 is 2.56 bits per heavy atom. The molecule has 0 bridgehead atoms. The van der Waals surface area contributed by atoms with Gasteiger partial charge in [0, 0.05) is 13.1 Å². The maximum absolute atomic E-state index is 13.2. The Morgan fingerprint density at radius 2 is 1.94 bits per heavy atom. The van der Waals surface area contributed by atoms with Gasteiger partial charge in [0.15, 0.2) is 0 Å². The Morgan fingerprint density at radius 1 is 1.28 bits per heavy atom. The molecule has 0 radical (unpaired) electrons. The van der Waals surface area contributed by atoms with Gasteiger partial charge in [0.2, 0.25) is 11.9 Å². The quantitative estimate of drug-likeness (QED) is 0.810. The summed E-state index contributed by atoms with van der Waals surface area (Å²) in [5, 5.41) is 0. The van der Waals surface area contributed by atoms with E-state index in [0.717, 1.165) is 16.4 Å². The second-order valence-corrected chi connectivity index (χ2v) is 5.26. The van der Waals surface area contributed by atoms with E-state index in [-0.39, 0.29) is 32.0 Å². The Bertz CT molecular complexity index is 532. The highest BCUT2D eigenvalue weighted by atomic mass is 32.2. The normalized spacial score (nSPS) is 17.7. The Kier molecular flexibility index (Phi) is 3.73. The minimum Gasteiger partial charge on any atom is -0.379 e. The number of morpholine rings is 1. The van der Waals surface area contributed by atoms with Crippen LogP contribution in [0.25, 0.3) is 0 Å². The first-order chi connectivity index (χ1) is 8.49. The van der Waals surface area contributed by atoms with Gasteiger partial charge in [-0.25, -0.2) is 0 Å². The molecule has 0 unspecified atom stereocenters. The summed E-state index contributed by atoms with van der Waals surface area (Å²) >= 11 is 0. The first-order valence-corrected chi connectivity index (χ1v) is 6.61. The van der Waals surface area contributed by atoms with Crippen LogP contribution in [0.3, 0.4) is 0 Å². The number of hydrogen-bond acceptors (Lipinski definition) is 4. The van der Waals surface area contributed by atoms with Crippen LogP contribution >= 0.6 is 0 Å². The number of aromatic nitrogens is 1. The minimum atomic E-state index is -3.87. The van der Waals surface area contributed by atoms with Crippen molar-refractivity contribution in [3.05, 3.63) is 24.0 Å². The Balaban J connectivity index is 2.16. The van der Waals surface area contributed by atoms with E-state index >= 15 is 0 Å². The smallest absolute Gasteiger partial charge is 0.301 e. The first kappa shape index (κ1) is 13.1. The highest BCUT2D eigenvalue weighted by molar-refractivity contribution is 7.90. The molecular formula is C9H11F2N3O3S. The van der Waals surface area contributed by atoms with Crippen LogP contribution in [0.15, 0.2) is 12.1 Å². The van der Waals surface area contributed by atoms with Crippen molar-refractivity contribution in [1.29, 1.82) is 0 Å². The Hall–Kier alpha value is -1.32. The molecule has 1 aliphatic rings. The predicted octanol–water partition coefficient (Wildman–Crippen LogP) is 0.349. The monoisotopic (exact) mass is 279 g/mol. The summed E-state index contributed by atoms with van der Waals surface area (Å²) in [5.74, 6) is -2.21. The highest BCUT2D eigenvalue weighted by Gasteiger charge is 2.25. The second-order valence-electron chi connectivity index (χ2n) is 3.59. The van der Waals surface area contributed by atoms with Gasteiger partial charge in [-0.3, -0.25) is 4.72 Å². The lowest BCUT2D eigenvalue weighted by Gasteiger charge is -2.26. The van der Waals surface area contributed by atoms with Gasteiger partial charge in [-0.05, 0) is 12.1 Å². The molecular weight excluding hydrogens is 268 g/mol. The molecule has 1 saturated heterocycles. The van der Waals surface area contributed by atoms with Crippen molar-refractivity contribution in [3.63, 3.8) is 0 Å². The standard InChI is InChI=1S/C9H11F2N3O3S/c10-8-2-1-7(9(11)12-8)13-18(15,16)14-3-5-17-6-4-14/h1-2,13H,3-6H2. The number of nitrogens with zero attached hydrogens (tertiary/aromatic N) is 2. The Labute approximate surface area is 103 Å². The van der Waals surface area contributed by atoms with E-state index in [2.05, 4.69) is 4.98 Å². The van der Waals surface area contributed by atoms with Gasteiger partial charge >= 0.3 is 10.2 Å². The molecule has 1 aromatic rings. The molecule has 1 N–H and O–H groups in total. The van der Waals surface area contributed by atoms with Gasteiger partial charge in [0.1, 0.15) is 5.69 Å². The van der Waals surface area contributed by atoms with Crippen LogP contribution in [0.5, 0.6) is 0 Å². The van der Waals surface area contributed by atoms with Crippen molar-refractivity contribution in [2.45, 2.75) is 0 Å². The van der Waals surface area contributed by atoms with Crippen molar-refractivity contribution in [2.24, 2.45) is 0 Å². The fourth-order valence-corrected chi connectivity index (χ4v) is 2.67. The molecule has 9 heteroatoms. The molecule has 18 heavy (non-hydrogen) atoms. The van der Waals surface area contributed by atoms with Crippen molar-refractivity contribution >= 4 is 15.9 Å². The summed E-state index contributed by atoms with van der Waals surface area (Å²) in [4.78, 5) is 2.90. The number of anilines is 1. The van der Waals surface area contributed by atoms with Crippen LogP contribution in [0.4, 0.5) is 14.5 Å². The number of rotatable bonds is 3. The zero-order valence-electron chi connectivity index (χ0n) is 9.27. The van der Waals surface area contributed by atoms with Gasteiger partial charge in [0.05, 0.1) is 13.2 Å². The SMILES string of the molecule is O=S(=O)(Nc1ccc(F)nc1F)N1CCOCC1. The molecule has 1 fully saturated rings. The fourth-order valence-electron chi connectivity index (χ4n) is 1.48. The van der Waals surface area contributed by atoms with E-state index in [1.54, 1.807) is 0 Å². The molecule has 1 aliphatic heterocycles. The zero-order chi connectivity index (χ0) is 13.2. The number of nitrogens with one attached hydrogen (secondary N) is 1. The number of halogens is 2. The molecule has 2 rings (SSSR count). The summed E-state index contributed by atoms with van der Waals surface area (Å²) in [5.41, 5.74) is -0.386. The molecule has 0 saturated carbocycles. The van der Waals surface area contributed by atoms with Crippen molar-refractivity contribution in [3.8, 4) is 0 Å². The lowest BCUT2D eigenvalue weighted by Crippen LogP contribution is -2.43. The molecule has 2 heterocycles. The number of hydrogen-bond donors (Lipinski definition) is 1. The molecule has 1 aromatic heterocycles. The van der Waals surface area contributed by atoms with Crippen LogP contribution in [-0.2, 0) is 14.9 Å². The van der Waals surface area contributed by atoms with Gasteiger partial charge in [0.25, 0.3) is 0 Å². The van der Waals surface area contributed by atoms with E-state index < -0.39 is 22.1 Å². The van der Waals surface area contributed by atoms with E-state index in [0.29, 0.717) is 0 Å².